The van der Waals surface area contributed by atoms with E-state index in [0.29, 0.717) is 0 Å². The van der Waals surface area contributed by atoms with Crippen molar-refractivity contribution in [3.63, 3.8) is 0 Å². The fourth-order valence-corrected chi connectivity index (χ4v) is 2.94. The molecule has 0 bridgehead atoms. The van der Waals surface area contributed by atoms with Gasteiger partial charge in [-0.2, -0.15) is 0 Å². The molecule has 4 heteroatoms. The molecule has 2 nitrogen and oxygen atoms in total. The smallest absolute Gasteiger partial charge is 1.00 e. The molecule has 0 radical (unpaired) electrons. The second-order valence-electron chi connectivity index (χ2n) is 2.41. The largest absolute Gasteiger partial charge is 1.00 e. The summed E-state index contributed by atoms with van der Waals surface area (Å²) >= 11 is -0.326. The van der Waals surface area contributed by atoms with Crippen LogP contribution in [0.5, 0.6) is 0 Å². The van der Waals surface area contributed by atoms with Gasteiger partial charge in [-0.15, -0.1) is 0 Å². The maximum absolute atomic E-state index is 5.33. The predicted octanol–water partition coefficient (Wildman–Crippen LogP) is -1.84. The molecule has 0 aromatic carbocycles. The van der Waals surface area contributed by atoms with Crippen molar-refractivity contribution in [2.75, 3.05) is 26.4 Å². The fraction of sp³-hybridized carbons (Fsp3) is 1.00. The molecule has 68 valence electrons. The van der Waals surface area contributed by atoms with Gasteiger partial charge in [0.25, 0.3) is 0 Å². The monoisotopic (exact) mass is 338 g/mol. The molecule has 0 aromatic rings. The Morgan fingerprint density at radius 2 is 1.36 bits per heavy atom. The van der Waals surface area contributed by atoms with Crippen LogP contribution in [0.25, 0.3) is 0 Å². The third-order valence-electron chi connectivity index (χ3n) is 1.52. The van der Waals surface area contributed by atoms with E-state index in [4.69, 9.17) is 9.47 Å². The second-order valence-corrected chi connectivity index (χ2v) is 7.41. The van der Waals surface area contributed by atoms with Gasteiger partial charge in [-0.25, -0.2) is 0 Å². The predicted molar refractivity (Wildman–Crippen MR) is 42.9 cm³/mol. The first kappa shape index (κ1) is 12.2. The summed E-state index contributed by atoms with van der Waals surface area (Å²) in [5.74, 6) is 2.37. The zero-order valence-electron chi connectivity index (χ0n) is 6.85. The molecule has 1 heterocycles. The molecule has 0 spiro atoms. The van der Waals surface area contributed by atoms with Crippen molar-refractivity contribution in [2.24, 2.45) is 0 Å². The van der Waals surface area contributed by atoms with Gasteiger partial charge in [-0.05, 0) is 0 Å². The molecule has 1 saturated heterocycles. The van der Waals surface area contributed by atoms with Crippen molar-refractivity contribution < 1.29 is 33.5 Å². The number of rotatable bonds is 0. The van der Waals surface area contributed by atoms with Crippen molar-refractivity contribution in [2.45, 2.75) is 16.5 Å². The first-order chi connectivity index (χ1) is 4.89. The molecule has 1 fully saturated rings. The molecule has 0 aliphatic carbocycles. The van der Waals surface area contributed by atoms with Gasteiger partial charge in [0.2, 0.25) is 0 Å². The van der Waals surface area contributed by atoms with Gasteiger partial charge in [-0.1, -0.05) is 0 Å². The van der Waals surface area contributed by atoms with Crippen LogP contribution in [0.2, 0.25) is 16.5 Å². The summed E-state index contributed by atoms with van der Waals surface area (Å²) in [5.41, 5.74) is 0. The first-order valence-electron chi connectivity index (χ1n) is 3.64. The molecule has 0 N–H and O–H groups in total. The molecular formula is C7H15IO2Se. The Morgan fingerprint density at radius 1 is 0.909 bits per heavy atom. The van der Waals surface area contributed by atoms with Crippen LogP contribution < -0.4 is 24.0 Å². The number of ether oxygens (including phenoxy) is 2. The normalized spacial score (nSPS) is 22.6. The zero-order valence-corrected chi connectivity index (χ0v) is 10.7. The van der Waals surface area contributed by atoms with E-state index in [1.165, 1.54) is 10.6 Å². The zero-order chi connectivity index (χ0) is 7.23. The van der Waals surface area contributed by atoms with Gasteiger partial charge in [0.15, 0.2) is 0 Å². The maximum atomic E-state index is 5.33. The van der Waals surface area contributed by atoms with Crippen LogP contribution in [0.15, 0.2) is 0 Å². The van der Waals surface area contributed by atoms with Crippen LogP contribution >= 0.6 is 0 Å². The SMILES string of the molecule is C[Se+]1CCOCCOCC1.[I-]. The van der Waals surface area contributed by atoms with E-state index in [2.05, 4.69) is 5.82 Å². The standard InChI is InChI=1S/C7H15O2Se.HI/c1-10-6-4-8-2-3-9-5-7-10;/h2-7H2,1H3;1H/q+1;/p-1. The maximum Gasteiger partial charge on any atom is -1.00 e. The summed E-state index contributed by atoms with van der Waals surface area (Å²) in [5, 5.41) is 2.62. The molecule has 0 amide bonds. The Hall–Kier alpha value is 1.17. The molecule has 1 aliphatic heterocycles. The van der Waals surface area contributed by atoms with E-state index < -0.39 is 0 Å². The van der Waals surface area contributed by atoms with Gasteiger partial charge in [-0.3, -0.25) is 0 Å². The Bertz CT molecular complexity index is 82.5. The molecule has 0 aromatic heterocycles. The van der Waals surface area contributed by atoms with Crippen LogP contribution in [-0.4, -0.2) is 40.3 Å². The number of halogens is 1. The molecule has 0 saturated carbocycles. The Labute approximate surface area is 89.9 Å². The summed E-state index contributed by atoms with van der Waals surface area (Å²) in [7, 11) is 0. The summed E-state index contributed by atoms with van der Waals surface area (Å²) in [6.07, 6.45) is 0. The summed E-state index contributed by atoms with van der Waals surface area (Å²) in [6, 6.07) is 0. The summed E-state index contributed by atoms with van der Waals surface area (Å²) in [4.78, 5) is 0. The van der Waals surface area contributed by atoms with Crippen LogP contribution in [0.4, 0.5) is 0 Å². The molecular weight excluding hydrogens is 322 g/mol. The minimum absolute atomic E-state index is 0. The number of hydrogen-bond acceptors (Lipinski definition) is 2. The number of hydrogen-bond donors (Lipinski definition) is 0. The minimum atomic E-state index is -0.326. The average molecular weight is 337 g/mol. The van der Waals surface area contributed by atoms with E-state index >= 15 is 0 Å². The molecule has 1 rings (SSSR count). The van der Waals surface area contributed by atoms with Crippen molar-refractivity contribution >= 4 is 13.9 Å². The van der Waals surface area contributed by atoms with Crippen molar-refractivity contribution in [1.29, 1.82) is 0 Å². The van der Waals surface area contributed by atoms with Crippen molar-refractivity contribution in [3.8, 4) is 0 Å². The summed E-state index contributed by atoms with van der Waals surface area (Å²) in [6.45, 7) is 3.51. The van der Waals surface area contributed by atoms with Gasteiger partial charge in [0.05, 0.1) is 0 Å². The third-order valence-corrected chi connectivity index (χ3v) is 5.15. The van der Waals surface area contributed by atoms with E-state index in [0.717, 1.165) is 26.4 Å². The van der Waals surface area contributed by atoms with Crippen LogP contribution in [0.3, 0.4) is 0 Å². The van der Waals surface area contributed by atoms with Gasteiger partial charge >= 0.3 is 66.3 Å². The third kappa shape index (κ3) is 6.34. The Balaban J connectivity index is 0.000001000. The van der Waals surface area contributed by atoms with E-state index in [9.17, 15) is 0 Å². The Morgan fingerprint density at radius 3 is 1.82 bits per heavy atom. The van der Waals surface area contributed by atoms with E-state index in [1.54, 1.807) is 0 Å². The quantitative estimate of drug-likeness (QED) is 0.382. The molecule has 1 aliphatic rings. The Kier molecular flexibility index (Phi) is 8.63. The molecule has 0 atom stereocenters. The van der Waals surface area contributed by atoms with Crippen molar-refractivity contribution in [3.05, 3.63) is 0 Å². The van der Waals surface area contributed by atoms with E-state index in [1.807, 2.05) is 0 Å². The van der Waals surface area contributed by atoms with Crippen molar-refractivity contribution in [1.82, 2.24) is 0 Å². The van der Waals surface area contributed by atoms with Crippen LogP contribution in [-0.2, 0) is 9.47 Å². The van der Waals surface area contributed by atoms with E-state index in [-0.39, 0.29) is 37.9 Å². The van der Waals surface area contributed by atoms with Crippen LogP contribution in [0, 0.1) is 0 Å². The first-order valence-corrected chi connectivity index (χ1v) is 7.78. The van der Waals surface area contributed by atoms with Crippen LogP contribution in [0.1, 0.15) is 0 Å². The van der Waals surface area contributed by atoms with Gasteiger partial charge in [0.1, 0.15) is 0 Å². The topological polar surface area (TPSA) is 18.5 Å². The molecule has 11 heavy (non-hydrogen) atoms. The minimum Gasteiger partial charge on any atom is -1.00 e. The molecule has 0 unspecified atom stereocenters. The second kappa shape index (κ2) is 7.80. The average Bonchev–Trinajstić information content (AvgIpc) is 2.02. The van der Waals surface area contributed by atoms with Gasteiger partial charge < -0.3 is 24.0 Å². The fourth-order valence-electron chi connectivity index (χ4n) is 0.826. The van der Waals surface area contributed by atoms with Gasteiger partial charge in [0, 0.05) is 0 Å². The summed E-state index contributed by atoms with van der Waals surface area (Å²) < 4.78 is 10.7.